The number of nitrogens with zero attached hydrogens (tertiary/aromatic N) is 1. The predicted molar refractivity (Wildman–Crippen MR) is 74.6 cm³/mol. The van der Waals surface area contributed by atoms with E-state index in [2.05, 4.69) is 15.6 Å². The van der Waals surface area contributed by atoms with Gasteiger partial charge in [-0.05, 0) is 6.92 Å². The van der Waals surface area contributed by atoms with Crippen molar-refractivity contribution in [2.45, 2.75) is 19.1 Å². The Bertz CT molecular complexity index is 501. The zero-order chi connectivity index (χ0) is 15.2. The van der Waals surface area contributed by atoms with Crippen LogP contribution in [0.25, 0.3) is 0 Å². The van der Waals surface area contributed by atoms with E-state index >= 15 is 0 Å². The number of aromatic carboxylic acids is 1. The zero-order valence-electron chi connectivity index (χ0n) is 11.5. The van der Waals surface area contributed by atoms with Crippen LogP contribution < -0.4 is 10.6 Å². The number of carbonyl (C=O) groups is 2. The Morgan fingerprint density at radius 3 is 3.00 bits per heavy atom. The summed E-state index contributed by atoms with van der Waals surface area (Å²) >= 11 is 1.19. The second kappa shape index (κ2) is 7.34. The molecule has 2 heterocycles. The topological polar surface area (TPSA) is 110 Å². The van der Waals surface area contributed by atoms with Gasteiger partial charge in [0.15, 0.2) is 5.69 Å². The number of hydrogen-bond acceptors (Lipinski definition) is 6. The van der Waals surface area contributed by atoms with Crippen molar-refractivity contribution in [2.24, 2.45) is 0 Å². The fourth-order valence-electron chi connectivity index (χ4n) is 1.76. The van der Waals surface area contributed by atoms with Crippen molar-refractivity contribution in [3.05, 3.63) is 16.1 Å². The van der Waals surface area contributed by atoms with Gasteiger partial charge < -0.3 is 25.2 Å². The summed E-state index contributed by atoms with van der Waals surface area (Å²) in [6.07, 6.45) is -0.140. The summed E-state index contributed by atoms with van der Waals surface area (Å²) in [6, 6.07) is -0.727. The first-order chi connectivity index (χ1) is 10.1. The number of thiazole rings is 1. The number of nitrogens with one attached hydrogen (secondary N) is 2. The molecule has 0 radical (unpaired) electrons. The minimum atomic E-state index is -1.08. The van der Waals surface area contributed by atoms with Gasteiger partial charge >= 0.3 is 12.0 Å². The Morgan fingerprint density at radius 1 is 1.57 bits per heavy atom. The van der Waals surface area contributed by atoms with Crippen molar-refractivity contribution in [1.82, 2.24) is 15.6 Å². The van der Waals surface area contributed by atoms with Crippen molar-refractivity contribution in [3.8, 4) is 0 Å². The molecule has 1 aromatic rings. The molecule has 1 saturated heterocycles. The highest BCUT2D eigenvalue weighted by Gasteiger charge is 2.18. The van der Waals surface area contributed by atoms with Gasteiger partial charge in [0.2, 0.25) is 0 Å². The van der Waals surface area contributed by atoms with Crippen molar-refractivity contribution >= 4 is 23.3 Å². The van der Waals surface area contributed by atoms with E-state index in [1.165, 1.54) is 16.7 Å². The maximum atomic E-state index is 11.8. The van der Waals surface area contributed by atoms with Gasteiger partial charge in [-0.3, -0.25) is 0 Å². The van der Waals surface area contributed by atoms with Crippen LogP contribution in [0, 0.1) is 0 Å². The molecule has 116 valence electrons. The first-order valence-corrected chi connectivity index (χ1v) is 7.36. The molecular formula is C12H17N3O5S. The lowest BCUT2D eigenvalue weighted by Gasteiger charge is -2.23. The molecule has 9 heteroatoms. The summed E-state index contributed by atoms with van der Waals surface area (Å²) in [5, 5.41) is 16.2. The number of aromatic nitrogens is 1. The summed E-state index contributed by atoms with van der Waals surface area (Å²) in [4.78, 5) is 26.5. The van der Waals surface area contributed by atoms with Crippen molar-refractivity contribution in [3.63, 3.8) is 0 Å². The van der Waals surface area contributed by atoms with Gasteiger partial charge in [0.05, 0.1) is 32.0 Å². The zero-order valence-corrected chi connectivity index (χ0v) is 12.3. The Balaban J connectivity index is 1.76. The van der Waals surface area contributed by atoms with Crippen LogP contribution >= 0.6 is 11.3 Å². The Hall–Kier alpha value is -1.71. The summed E-state index contributed by atoms with van der Waals surface area (Å²) in [6.45, 7) is 3.67. The molecule has 0 aromatic carbocycles. The van der Waals surface area contributed by atoms with E-state index in [4.69, 9.17) is 14.6 Å². The van der Waals surface area contributed by atoms with Crippen molar-refractivity contribution in [2.75, 3.05) is 26.4 Å². The Morgan fingerprint density at radius 2 is 2.38 bits per heavy atom. The fourth-order valence-corrected chi connectivity index (χ4v) is 2.56. The quantitative estimate of drug-likeness (QED) is 0.734. The highest BCUT2D eigenvalue weighted by molar-refractivity contribution is 7.09. The molecule has 21 heavy (non-hydrogen) atoms. The summed E-state index contributed by atoms with van der Waals surface area (Å²) in [7, 11) is 0. The van der Waals surface area contributed by atoms with Crippen molar-refractivity contribution < 1.29 is 24.2 Å². The van der Waals surface area contributed by atoms with Gasteiger partial charge in [-0.1, -0.05) is 0 Å². The second-order valence-corrected chi connectivity index (χ2v) is 5.41. The van der Waals surface area contributed by atoms with E-state index in [0.29, 0.717) is 31.4 Å². The highest BCUT2D eigenvalue weighted by Crippen LogP contribution is 2.17. The van der Waals surface area contributed by atoms with Crippen LogP contribution in [0.1, 0.15) is 28.5 Å². The lowest BCUT2D eigenvalue weighted by Crippen LogP contribution is -2.44. The van der Waals surface area contributed by atoms with Crippen LogP contribution in [-0.2, 0) is 9.47 Å². The van der Waals surface area contributed by atoms with Gasteiger partial charge in [-0.2, -0.15) is 0 Å². The number of hydrogen-bond donors (Lipinski definition) is 3. The molecule has 0 bridgehead atoms. The first-order valence-electron chi connectivity index (χ1n) is 6.48. The minimum Gasteiger partial charge on any atom is -0.476 e. The third-order valence-corrected chi connectivity index (χ3v) is 3.86. The number of carboxylic acids is 1. The van der Waals surface area contributed by atoms with E-state index in [9.17, 15) is 9.59 Å². The minimum absolute atomic E-state index is 0.0168. The monoisotopic (exact) mass is 315 g/mol. The molecular weight excluding hydrogens is 298 g/mol. The average molecular weight is 315 g/mol. The maximum absolute atomic E-state index is 11.8. The molecule has 3 N–H and O–H groups in total. The number of rotatable bonds is 5. The second-order valence-electron chi connectivity index (χ2n) is 4.52. The van der Waals surface area contributed by atoms with Crippen LogP contribution in [-0.4, -0.2) is 54.6 Å². The summed E-state index contributed by atoms with van der Waals surface area (Å²) < 4.78 is 10.6. The normalized spacial score (nSPS) is 19.8. The third-order valence-electron chi connectivity index (χ3n) is 2.83. The number of urea groups is 1. The maximum Gasteiger partial charge on any atom is 0.355 e. The summed E-state index contributed by atoms with van der Waals surface area (Å²) in [5.41, 5.74) is -0.0168. The Kier molecular flexibility index (Phi) is 5.48. The molecule has 2 rings (SSSR count). The van der Waals surface area contributed by atoms with Crippen LogP contribution in [0.4, 0.5) is 4.79 Å². The number of amides is 2. The first kappa shape index (κ1) is 15.7. The highest BCUT2D eigenvalue weighted by atomic mass is 32.1. The van der Waals surface area contributed by atoms with Crippen molar-refractivity contribution in [1.29, 1.82) is 0 Å². The van der Waals surface area contributed by atoms with Crippen LogP contribution in [0.5, 0.6) is 0 Å². The lowest BCUT2D eigenvalue weighted by atomic mass is 10.3. The molecule has 8 nitrogen and oxygen atoms in total. The van der Waals surface area contributed by atoms with E-state index < -0.39 is 5.97 Å². The molecule has 2 atom stereocenters. The lowest BCUT2D eigenvalue weighted by molar-refractivity contribution is -0.0853. The molecule has 1 fully saturated rings. The summed E-state index contributed by atoms with van der Waals surface area (Å²) in [5.74, 6) is -1.08. The van der Waals surface area contributed by atoms with E-state index in [-0.39, 0.29) is 23.9 Å². The Labute approximate surface area is 125 Å². The SMILES string of the molecule is CC(NC(=O)NCC1COCCO1)c1nc(C(=O)O)cs1. The van der Waals surface area contributed by atoms with Gasteiger partial charge in [0.1, 0.15) is 5.01 Å². The van der Waals surface area contributed by atoms with Gasteiger partial charge in [-0.15, -0.1) is 11.3 Å². The average Bonchev–Trinajstić information content (AvgIpc) is 2.96. The van der Waals surface area contributed by atoms with Gasteiger partial charge in [0, 0.05) is 11.9 Å². The van der Waals surface area contributed by atoms with E-state index in [0.717, 1.165) is 0 Å². The molecule has 1 aliphatic heterocycles. The largest absolute Gasteiger partial charge is 0.476 e. The predicted octanol–water partition coefficient (Wildman–Crippen LogP) is 0.617. The van der Waals surface area contributed by atoms with Gasteiger partial charge in [0.25, 0.3) is 0 Å². The van der Waals surface area contributed by atoms with Crippen LogP contribution in [0.2, 0.25) is 0 Å². The number of carboxylic acid groups (broad SMARTS) is 1. The molecule has 0 spiro atoms. The number of ether oxygens (including phenoxy) is 2. The van der Waals surface area contributed by atoms with E-state index in [1.807, 2.05) is 0 Å². The molecule has 2 amide bonds. The molecule has 0 saturated carbocycles. The number of carbonyl (C=O) groups excluding carboxylic acids is 1. The van der Waals surface area contributed by atoms with Crippen LogP contribution in [0.3, 0.4) is 0 Å². The molecule has 1 aliphatic rings. The molecule has 0 aliphatic carbocycles. The fraction of sp³-hybridized carbons (Fsp3) is 0.583. The van der Waals surface area contributed by atoms with Gasteiger partial charge in [-0.25, -0.2) is 14.6 Å². The third kappa shape index (κ3) is 4.66. The molecule has 1 aromatic heterocycles. The molecule has 2 unspecified atom stereocenters. The standard InChI is InChI=1S/C12H17N3O5S/c1-7(10-15-9(6-21-10)11(16)17)14-12(18)13-4-8-5-19-2-3-20-8/h6-8H,2-5H2,1H3,(H,16,17)(H2,13,14,18). The van der Waals surface area contributed by atoms with E-state index in [1.54, 1.807) is 6.92 Å². The smallest absolute Gasteiger partial charge is 0.355 e. The van der Waals surface area contributed by atoms with Crippen LogP contribution in [0.15, 0.2) is 5.38 Å².